The smallest absolute Gasteiger partial charge is 0.312 e. The van der Waals surface area contributed by atoms with E-state index in [9.17, 15) is 19.5 Å². The average molecular weight is 490 g/mol. The summed E-state index contributed by atoms with van der Waals surface area (Å²) in [5, 5.41) is 9.46. The summed E-state index contributed by atoms with van der Waals surface area (Å²) >= 11 is 0. The van der Waals surface area contributed by atoms with Crippen LogP contribution in [0.2, 0.25) is 0 Å². The van der Waals surface area contributed by atoms with E-state index < -0.39 is 35.6 Å². The van der Waals surface area contributed by atoms with Crippen molar-refractivity contribution in [3.63, 3.8) is 0 Å². The van der Waals surface area contributed by atoms with Crippen LogP contribution in [-0.2, 0) is 28.6 Å². The normalized spacial score (nSPS) is 36.5. The van der Waals surface area contributed by atoms with Gasteiger partial charge in [0.1, 0.15) is 17.6 Å². The summed E-state index contributed by atoms with van der Waals surface area (Å²) in [5.74, 6) is -2.56. The van der Waals surface area contributed by atoms with E-state index in [1.807, 2.05) is 24.3 Å². The lowest BCUT2D eigenvalue weighted by Crippen LogP contribution is -2.56. The molecule has 0 radical (unpaired) electrons. The maximum atomic E-state index is 14.0. The Morgan fingerprint density at radius 3 is 2.66 bits per heavy atom. The molecule has 5 aliphatic rings. The van der Waals surface area contributed by atoms with Crippen molar-refractivity contribution in [2.24, 2.45) is 11.8 Å². The fourth-order valence-corrected chi connectivity index (χ4v) is 6.07. The predicted octanol–water partition coefficient (Wildman–Crippen LogP) is -0.427. The molecule has 0 saturated carbocycles. The second-order valence-corrected chi connectivity index (χ2v) is 9.83. The molecular weight excluding hydrogens is 454 g/mol. The number of likely N-dealkylation sites (tertiary alicyclic amines) is 1. The molecule has 2 amide bonds. The molecule has 5 heterocycles. The number of ether oxygens (including phenoxy) is 3. The number of hydrogen-bond donors (Lipinski definition) is 1. The van der Waals surface area contributed by atoms with Crippen LogP contribution in [0.3, 0.4) is 0 Å². The highest BCUT2D eigenvalue weighted by molar-refractivity contribution is 5.99. The number of carbonyl (C=O) groups is 3. The molecule has 1 spiro atoms. The van der Waals surface area contributed by atoms with E-state index >= 15 is 0 Å². The fourth-order valence-electron chi connectivity index (χ4n) is 6.07. The van der Waals surface area contributed by atoms with Crippen molar-refractivity contribution in [1.82, 2.24) is 14.7 Å². The third-order valence-electron chi connectivity index (χ3n) is 7.78. The van der Waals surface area contributed by atoms with Gasteiger partial charge in [0.15, 0.2) is 0 Å². The lowest BCUT2D eigenvalue weighted by molar-refractivity contribution is -0.154. The van der Waals surface area contributed by atoms with E-state index in [1.54, 1.807) is 4.90 Å². The Hall–Kier alpha value is -2.27. The van der Waals surface area contributed by atoms with E-state index in [0.29, 0.717) is 45.8 Å². The summed E-state index contributed by atoms with van der Waals surface area (Å²) in [7, 11) is 0. The van der Waals surface area contributed by atoms with E-state index in [2.05, 4.69) is 4.90 Å². The minimum atomic E-state index is -1.24. The molecule has 2 unspecified atom stereocenters. The molecule has 35 heavy (non-hydrogen) atoms. The zero-order valence-corrected chi connectivity index (χ0v) is 20.0. The maximum Gasteiger partial charge on any atom is 0.312 e. The number of esters is 1. The minimum absolute atomic E-state index is 0.101. The number of nitrogens with zero attached hydrogens (tertiary/aromatic N) is 3. The number of hydrogen-bond acceptors (Lipinski definition) is 8. The number of morpholine rings is 1. The molecule has 0 aromatic heterocycles. The van der Waals surface area contributed by atoms with Crippen LogP contribution in [0, 0.1) is 11.8 Å². The van der Waals surface area contributed by atoms with Gasteiger partial charge in [-0.1, -0.05) is 24.3 Å². The molecule has 10 heteroatoms. The summed E-state index contributed by atoms with van der Waals surface area (Å²) in [6, 6.07) is -0.883. The van der Waals surface area contributed by atoms with Gasteiger partial charge < -0.3 is 29.1 Å². The number of allylic oxidation sites excluding steroid dienone is 1. The molecule has 0 aromatic rings. The van der Waals surface area contributed by atoms with Crippen LogP contribution in [0.1, 0.15) is 19.3 Å². The van der Waals surface area contributed by atoms with Crippen molar-refractivity contribution in [2.45, 2.75) is 37.0 Å². The van der Waals surface area contributed by atoms with Gasteiger partial charge in [-0.3, -0.25) is 19.3 Å². The van der Waals surface area contributed by atoms with E-state index in [4.69, 9.17) is 14.2 Å². The number of rotatable bonds is 6. The Morgan fingerprint density at radius 2 is 1.86 bits per heavy atom. The average Bonchev–Trinajstić information content (AvgIpc) is 3.27. The van der Waals surface area contributed by atoms with Gasteiger partial charge in [-0.25, -0.2) is 0 Å². The summed E-state index contributed by atoms with van der Waals surface area (Å²) in [5.41, 5.74) is -1.24. The first kappa shape index (κ1) is 24.4. The van der Waals surface area contributed by atoms with Gasteiger partial charge >= 0.3 is 5.97 Å². The molecule has 5 aliphatic heterocycles. The lowest BCUT2D eigenvalue weighted by Gasteiger charge is -2.36. The molecular formula is C25H35N3O7. The molecule has 192 valence electrons. The maximum absolute atomic E-state index is 14.0. The topological polar surface area (TPSA) is 109 Å². The first-order valence-corrected chi connectivity index (χ1v) is 12.8. The minimum Gasteiger partial charge on any atom is -0.465 e. The van der Waals surface area contributed by atoms with Gasteiger partial charge in [0.2, 0.25) is 11.8 Å². The van der Waals surface area contributed by atoms with Gasteiger partial charge in [-0.05, 0) is 19.3 Å². The van der Waals surface area contributed by atoms with Crippen LogP contribution in [0.5, 0.6) is 0 Å². The Kier molecular flexibility index (Phi) is 7.24. The molecule has 3 saturated heterocycles. The largest absolute Gasteiger partial charge is 0.465 e. The highest BCUT2D eigenvalue weighted by Gasteiger charge is 2.71. The zero-order valence-electron chi connectivity index (χ0n) is 20.0. The van der Waals surface area contributed by atoms with Crippen LogP contribution >= 0.6 is 0 Å². The second-order valence-electron chi connectivity index (χ2n) is 9.83. The summed E-state index contributed by atoms with van der Waals surface area (Å²) < 4.78 is 17.5. The number of carbonyl (C=O) groups excluding carboxylic acids is 3. The first-order valence-electron chi connectivity index (χ1n) is 12.8. The van der Waals surface area contributed by atoms with Crippen LogP contribution in [0.15, 0.2) is 24.3 Å². The van der Waals surface area contributed by atoms with E-state index in [0.717, 1.165) is 26.1 Å². The summed E-state index contributed by atoms with van der Waals surface area (Å²) in [4.78, 5) is 46.5. The van der Waals surface area contributed by atoms with E-state index in [-0.39, 0.29) is 25.0 Å². The second kappa shape index (κ2) is 10.4. The summed E-state index contributed by atoms with van der Waals surface area (Å²) in [6.45, 7) is 5.10. The monoisotopic (exact) mass is 489 g/mol. The quantitative estimate of drug-likeness (QED) is 0.396. The van der Waals surface area contributed by atoms with Crippen molar-refractivity contribution >= 4 is 17.8 Å². The molecule has 0 bridgehead atoms. The Bertz CT molecular complexity index is 886. The van der Waals surface area contributed by atoms with E-state index in [1.165, 1.54) is 4.90 Å². The number of aliphatic hydroxyl groups excluding tert-OH is 1. The van der Waals surface area contributed by atoms with Crippen molar-refractivity contribution in [2.75, 3.05) is 65.7 Å². The first-order chi connectivity index (χ1) is 17.1. The number of cyclic esters (lactones) is 1. The van der Waals surface area contributed by atoms with Crippen LogP contribution in [-0.4, -0.2) is 121 Å². The van der Waals surface area contributed by atoms with Crippen molar-refractivity contribution in [3.8, 4) is 0 Å². The standard InChI is InChI=1S/C25H35N3O7/c29-14-5-9-28-21-23(31)27(11-10-26-12-16-33-17-13-26)8-4-7-25(21)20(22(28)30)19-18(35-25)6-2-1-3-15-34-24(19)32/h2,4,6-7,18-21,29H,1,3,5,8-17H2/b6-2-/t18-,19?,20+,21-,25?/m1/s1. The van der Waals surface area contributed by atoms with Gasteiger partial charge in [-0.15, -0.1) is 0 Å². The predicted molar refractivity (Wildman–Crippen MR) is 124 cm³/mol. The van der Waals surface area contributed by atoms with Gasteiger partial charge in [0, 0.05) is 45.9 Å². The Balaban J connectivity index is 1.46. The van der Waals surface area contributed by atoms with Gasteiger partial charge in [0.05, 0.1) is 31.8 Å². The molecule has 5 atom stereocenters. The SMILES string of the molecule is O=C1OCCC/C=C\[C@H]2OC34C=CCN(CCN5CCOCC5)C(=O)[C@H]3N(CCCO)C(=O)[C@@H]4C12. The third-order valence-corrected chi connectivity index (χ3v) is 7.78. The third kappa shape index (κ3) is 4.41. The molecule has 1 N–H and O–H groups in total. The van der Waals surface area contributed by atoms with Crippen molar-refractivity contribution < 1.29 is 33.7 Å². The highest BCUT2D eigenvalue weighted by atomic mass is 16.6. The molecule has 5 rings (SSSR count). The van der Waals surface area contributed by atoms with Crippen LogP contribution < -0.4 is 0 Å². The number of amides is 2. The molecule has 10 nitrogen and oxygen atoms in total. The van der Waals surface area contributed by atoms with Crippen LogP contribution in [0.25, 0.3) is 0 Å². The fraction of sp³-hybridized carbons (Fsp3) is 0.720. The molecule has 3 fully saturated rings. The van der Waals surface area contributed by atoms with Crippen LogP contribution in [0.4, 0.5) is 0 Å². The van der Waals surface area contributed by atoms with Crippen molar-refractivity contribution in [3.05, 3.63) is 24.3 Å². The highest BCUT2D eigenvalue weighted by Crippen LogP contribution is 2.53. The molecule has 0 aliphatic carbocycles. The van der Waals surface area contributed by atoms with Crippen molar-refractivity contribution in [1.29, 1.82) is 0 Å². The number of fused-ring (bicyclic) bond motifs is 2. The van der Waals surface area contributed by atoms with Gasteiger partial charge in [0.25, 0.3) is 0 Å². The van der Waals surface area contributed by atoms with Gasteiger partial charge in [-0.2, -0.15) is 0 Å². The molecule has 0 aromatic carbocycles. The Labute approximate surface area is 205 Å². The Morgan fingerprint density at radius 1 is 1.03 bits per heavy atom. The summed E-state index contributed by atoms with van der Waals surface area (Å²) in [6.07, 6.45) is 8.74. The number of aliphatic hydroxyl groups is 1. The lowest BCUT2D eigenvalue weighted by atomic mass is 9.78. The zero-order chi connectivity index (χ0) is 24.4.